The van der Waals surface area contributed by atoms with Crippen molar-refractivity contribution < 1.29 is 9.90 Å². The Morgan fingerprint density at radius 3 is 2.63 bits per heavy atom. The predicted octanol–water partition coefficient (Wildman–Crippen LogP) is 3.79. The Bertz CT molecular complexity index is 979. The maximum Gasteiger partial charge on any atom is 0.233 e. The van der Waals surface area contributed by atoms with Crippen LogP contribution in [-0.4, -0.2) is 58.4 Å². The summed E-state index contributed by atoms with van der Waals surface area (Å²) in [7, 11) is 0. The summed E-state index contributed by atoms with van der Waals surface area (Å²) >= 11 is 3.68. The second-order valence-corrected chi connectivity index (χ2v) is 10.6. The van der Waals surface area contributed by atoms with Gasteiger partial charge >= 0.3 is 0 Å². The van der Waals surface area contributed by atoms with Crippen molar-refractivity contribution in [1.82, 2.24) is 9.21 Å². The van der Waals surface area contributed by atoms with Gasteiger partial charge in [-0.3, -0.25) is 4.79 Å². The fourth-order valence-electron chi connectivity index (χ4n) is 4.06. The van der Waals surface area contributed by atoms with Crippen LogP contribution in [0.5, 0.6) is 0 Å². The van der Waals surface area contributed by atoms with Crippen LogP contribution in [0.3, 0.4) is 0 Å². The lowest BCUT2D eigenvalue weighted by Crippen LogP contribution is -2.50. The second-order valence-electron chi connectivity index (χ2n) is 8.00. The van der Waals surface area contributed by atoms with Crippen molar-refractivity contribution in [3.8, 4) is 0 Å². The normalized spacial score (nSPS) is 21.5. The van der Waals surface area contributed by atoms with Gasteiger partial charge in [-0.2, -0.15) is 0 Å². The number of thioether (sulfide) groups is 1. The second kappa shape index (κ2) is 8.30. The standard InChI is InChI=1S/C23H25N3O2S2/c1-15-24-21-8-7-19(9-22(21)29-15)30-26-12-18(13-26)17-10-25(11-17)23(28)20(14-27)16-5-3-2-4-6-16/h2-9,15,20,24,27H,10-14H2,1H3. The van der Waals surface area contributed by atoms with E-state index in [2.05, 4.69) is 34.7 Å². The minimum absolute atomic E-state index is 0.0251. The first-order valence-corrected chi connectivity index (χ1v) is 11.9. The van der Waals surface area contributed by atoms with Crippen molar-refractivity contribution in [2.45, 2.75) is 28.0 Å². The Hall–Kier alpha value is -1.93. The van der Waals surface area contributed by atoms with Crippen LogP contribution >= 0.6 is 23.7 Å². The van der Waals surface area contributed by atoms with Crippen LogP contribution in [0, 0.1) is 0 Å². The van der Waals surface area contributed by atoms with E-state index in [-0.39, 0.29) is 12.5 Å². The lowest BCUT2D eigenvalue weighted by Gasteiger charge is -2.42. The van der Waals surface area contributed by atoms with Crippen LogP contribution in [0.15, 0.2) is 69.5 Å². The number of hydrogen-bond donors (Lipinski definition) is 2. The van der Waals surface area contributed by atoms with Crippen molar-refractivity contribution in [2.24, 2.45) is 0 Å². The average molecular weight is 440 g/mol. The third kappa shape index (κ3) is 3.87. The van der Waals surface area contributed by atoms with E-state index in [4.69, 9.17) is 0 Å². The van der Waals surface area contributed by atoms with Crippen molar-refractivity contribution in [3.05, 3.63) is 65.2 Å². The highest BCUT2D eigenvalue weighted by Crippen LogP contribution is 2.42. The largest absolute Gasteiger partial charge is 0.395 e. The first kappa shape index (κ1) is 20.0. The number of aliphatic hydroxyl groups excluding tert-OH is 1. The number of fused-ring (bicyclic) bond motifs is 1. The summed E-state index contributed by atoms with van der Waals surface area (Å²) in [5, 5.41) is 13.6. The SMILES string of the molecule is CC1Nc2ccc(SN3CC(=C4CN(C(=O)C(CO)c5ccccc5)C4)C3)cc2S1. The highest BCUT2D eigenvalue weighted by molar-refractivity contribution is 8.00. The Morgan fingerprint density at radius 2 is 1.90 bits per heavy atom. The monoisotopic (exact) mass is 439 g/mol. The van der Waals surface area contributed by atoms with Gasteiger partial charge < -0.3 is 15.3 Å². The molecule has 0 spiro atoms. The molecule has 3 heterocycles. The van der Waals surface area contributed by atoms with Gasteiger partial charge in [0.25, 0.3) is 0 Å². The molecule has 156 valence electrons. The van der Waals surface area contributed by atoms with Crippen molar-refractivity contribution in [1.29, 1.82) is 0 Å². The van der Waals surface area contributed by atoms with E-state index in [1.54, 1.807) is 0 Å². The molecule has 0 saturated carbocycles. The molecule has 2 saturated heterocycles. The van der Waals surface area contributed by atoms with E-state index in [9.17, 15) is 9.90 Å². The fourth-order valence-corrected chi connectivity index (χ4v) is 6.19. The van der Waals surface area contributed by atoms with E-state index < -0.39 is 5.92 Å². The number of benzene rings is 2. The van der Waals surface area contributed by atoms with Gasteiger partial charge in [0.2, 0.25) is 5.91 Å². The highest BCUT2D eigenvalue weighted by Gasteiger charge is 2.35. The molecule has 2 unspecified atom stereocenters. The summed E-state index contributed by atoms with van der Waals surface area (Å²) < 4.78 is 2.37. The predicted molar refractivity (Wildman–Crippen MR) is 123 cm³/mol. The zero-order chi connectivity index (χ0) is 20.7. The highest BCUT2D eigenvalue weighted by atomic mass is 32.2. The maximum absolute atomic E-state index is 12.8. The van der Waals surface area contributed by atoms with Crippen LogP contribution in [-0.2, 0) is 4.79 Å². The van der Waals surface area contributed by atoms with Crippen LogP contribution in [0.4, 0.5) is 5.69 Å². The van der Waals surface area contributed by atoms with Gasteiger partial charge in [0, 0.05) is 41.7 Å². The summed E-state index contributed by atoms with van der Waals surface area (Å²) in [6.45, 7) is 5.36. The maximum atomic E-state index is 12.8. The van der Waals surface area contributed by atoms with Crippen LogP contribution in [0.1, 0.15) is 18.4 Å². The lowest BCUT2D eigenvalue weighted by molar-refractivity contribution is -0.135. The molecule has 2 aromatic carbocycles. The lowest BCUT2D eigenvalue weighted by atomic mass is 9.92. The van der Waals surface area contributed by atoms with Crippen molar-refractivity contribution >= 4 is 35.3 Å². The first-order valence-electron chi connectivity index (χ1n) is 10.2. The van der Waals surface area contributed by atoms with Gasteiger partial charge in [0.15, 0.2) is 0 Å². The number of carbonyl (C=O) groups excluding carboxylic acids is 1. The molecule has 0 aromatic heterocycles. The number of aliphatic hydroxyl groups is 1. The van der Waals surface area contributed by atoms with E-state index in [0.29, 0.717) is 18.5 Å². The topological polar surface area (TPSA) is 55.8 Å². The molecular weight excluding hydrogens is 414 g/mol. The van der Waals surface area contributed by atoms with Gasteiger partial charge in [-0.05, 0) is 53.8 Å². The summed E-state index contributed by atoms with van der Waals surface area (Å²) in [6, 6.07) is 16.2. The molecule has 3 aliphatic rings. The molecule has 2 aromatic rings. The number of nitrogens with one attached hydrogen (secondary N) is 1. The number of rotatable bonds is 5. The molecule has 2 fully saturated rings. The van der Waals surface area contributed by atoms with Gasteiger partial charge in [-0.25, -0.2) is 4.31 Å². The number of carbonyl (C=O) groups is 1. The molecule has 0 aliphatic carbocycles. The molecule has 2 N–H and O–H groups in total. The number of amides is 1. The number of likely N-dealkylation sites (tertiary alicyclic amines) is 1. The van der Waals surface area contributed by atoms with Crippen LogP contribution in [0.25, 0.3) is 0 Å². The molecule has 30 heavy (non-hydrogen) atoms. The molecule has 0 bridgehead atoms. The fraction of sp³-hybridized carbons (Fsp3) is 0.348. The average Bonchev–Trinajstić information content (AvgIpc) is 3.05. The zero-order valence-corrected chi connectivity index (χ0v) is 18.5. The molecule has 1 amide bonds. The van der Waals surface area contributed by atoms with Crippen molar-refractivity contribution in [2.75, 3.05) is 38.1 Å². The Labute approximate surface area is 185 Å². The molecule has 0 radical (unpaired) electrons. The Morgan fingerprint density at radius 1 is 1.17 bits per heavy atom. The molecule has 5 nitrogen and oxygen atoms in total. The number of nitrogens with zero attached hydrogens (tertiary/aromatic N) is 2. The Balaban J connectivity index is 1.14. The minimum Gasteiger partial charge on any atom is -0.395 e. The van der Waals surface area contributed by atoms with Gasteiger partial charge in [0.05, 0.1) is 17.9 Å². The van der Waals surface area contributed by atoms with Crippen molar-refractivity contribution in [3.63, 3.8) is 0 Å². The summed E-state index contributed by atoms with van der Waals surface area (Å²) in [5.74, 6) is -0.432. The molecule has 3 aliphatic heterocycles. The van der Waals surface area contributed by atoms with Gasteiger partial charge in [-0.1, -0.05) is 42.1 Å². The Kier molecular flexibility index (Phi) is 5.54. The quantitative estimate of drug-likeness (QED) is 0.546. The number of hydrogen-bond acceptors (Lipinski definition) is 6. The van der Waals surface area contributed by atoms with Crippen LogP contribution < -0.4 is 5.32 Å². The van der Waals surface area contributed by atoms with E-state index in [0.717, 1.165) is 18.7 Å². The smallest absolute Gasteiger partial charge is 0.233 e. The summed E-state index contributed by atoms with van der Waals surface area (Å²) in [4.78, 5) is 17.2. The molecule has 5 rings (SSSR count). The van der Waals surface area contributed by atoms with E-state index in [1.165, 1.54) is 26.6 Å². The van der Waals surface area contributed by atoms with E-state index >= 15 is 0 Å². The number of anilines is 1. The molecule has 2 atom stereocenters. The molecular formula is C23H25N3O2S2. The third-order valence-corrected chi connectivity index (χ3v) is 7.89. The first-order chi connectivity index (χ1) is 14.6. The van der Waals surface area contributed by atoms with Crippen LogP contribution in [0.2, 0.25) is 0 Å². The minimum atomic E-state index is -0.457. The van der Waals surface area contributed by atoms with Gasteiger partial charge in [0.1, 0.15) is 0 Å². The summed E-state index contributed by atoms with van der Waals surface area (Å²) in [5.41, 5.74) is 4.96. The zero-order valence-electron chi connectivity index (χ0n) is 16.9. The van der Waals surface area contributed by atoms with Gasteiger partial charge in [-0.15, -0.1) is 0 Å². The molecule has 7 heteroatoms. The summed E-state index contributed by atoms with van der Waals surface area (Å²) in [6.07, 6.45) is 0. The third-order valence-electron chi connectivity index (χ3n) is 5.84. The van der Waals surface area contributed by atoms with E-state index in [1.807, 2.05) is 58.9 Å².